The van der Waals surface area contributed by atoms with Crippen molar-refractivity contribution in [2.24, 2.45) is 0 Å². The number of carbonyl (C=O) groups is 1. The Balaban J connectivity index is 1.98. The molecule has 0 bridgehead atoms. The summed E-state index contributed by atoms with van der Waals surface area (Å²) in [5.41, 5.74) is 1.86. The minimum atomic E-state index is -0.603. The van der Waals surface area contributed by atoms with Crippen molar-refractivity contribution in [3.05, 3.63) is 97.2 Å². The van der Waals surface area contributed by atoms with Gasteiger partial charge in [0.25, 0.3) is 5.91 Å². The molecule has 1 aromatic heterocycles. The Bertz CT molecular complexity index is 1080. The van der Waals surface area contributed by atoms with Crippen LogP contribution in [-0.4, -0.2) is 10.9 Å². The molecule has 0 aliphatic carbocycles. The van der Waals surface area contributed by atoms with E-state index in [2.05, 4.69) is 10.3 Å². The molecule has 0 saturated carbocycles. The van der Waals surface area contributed by atoms with E-state index in [4.69, 9.17) is 51.7 Å². The summed E-state index contributed by atoms with van der Waals surface area (Å²) in [5.74, 6) is -0.390. The lowest BCUT2D eigenvalue weighted by atomic mass is 10.0. The zero-order chi connectivity index (χ0) is 20.3. The van der Waals surface area contributed by atoms with Crippen LogP contribution in [0.4, 0.5) is 0 Å². The molecule has 0 saturated heterocycles. The van der Waals surface area contributed by atoms with Gasteiger partial charge < -0.3 is 5.32 Å². The van der Waals surface area contributed by atoms with Crippen LogP contribution in [0.15, 0.2) is 54.7 Å². The van der Waals surface area contributed by atoms with Crippen LogP contribution >= 0.6 is 46.4 Å². The lowest BCUT2D eigenvalue weighted by molar-refractivity contribution is 0.0942. The zero-order valence-electron chi connectivity index (χ0n) is 14.1. The zero-order valence-corrected chi connectivity index (χ0v) is 17.1. The maximum atomic E-state index is 12.8. The third-order valence-corrected chi connectivity index (χ3v) is 5.23. The second-order valence-corrected chi connectivity index (χ2v) is 7.45. The van der Waals surface area contributed by atoms with Gasteiger partial charge in [0.15, 0.2) is 0 Å². The average molecular weight is 451 g/mol. The Kier molecular flexibility index (Phi) is 6.43. The van der Waals surface area contributed by atoms with E-state index in [1.54, 1.807) is 30.3 Å². The number of pyridine rings is 1. The fraction of sp³-hybridized carbons (Fsp3) is 0.0500. The van der Waals surface area contributed by atoms with Crippen molar-refractivity contribution in [2.75, 3.05) is 0 Å². The van der Waals surface area contributed by atoms with Gasteiger partial charge in [-0.05, 0) is 48.0 Å². The molecule has 4 nitrogen and oxygen atoms in total. The standard InChI is InChI=1S/C20H11Cl4N3O/c21-14-4-6-18(26-10-14)19(11-3-5-15(22)17(24)7-11)27-20(28)12-1-2-13(9-25)16(23)8-12/h1-8,10,19H,(H,27,28). The van der Waals surface area contributed by atoms with E-state index in [-0.39, 0.29) is 10.9 Å². The molecule has 8 heteroatoms. The number of benzene rings is 2. The van der Waals surface area contributed by atoms with Crippen molar-refractivity contribution < 1.29 is 4.79 Å². The van der Waals surface area contributed by atoms with E-state index in [0.717, 1.165) is 0 Å². The number of nitrogens with one attached hydrogen (secondary N) is 1. The highest BCUT2D eigenvalue weighted by Gasteiger charge is 2.20. The van der Waals surface area contributed by atoms with Gasteiger partial charge in [-0.1, -0.05) is 52.5 Å². The molecule has 0 fully saturated rings. The van der Waals surface area contributed by atoms with Crippen LogP contribution in [0, 0.1) is 11.3 Å². The molecule has 28 heavy (non-hydrogen) atoms. The smallest absolute Gasteiger partial charge is 0.252 e. The molecule has 1 atom stereocenters. The van der Waals surface area contributed by atoms with Crippen molar-refractivity contribution >= 4 is 52.3 Å². The highest BCUT2D eigenvalue weighted by molar-refractivity contribution is 6.42. The SMILES string of the molecule is N#Cc1ccc(C(=O)NC(c2ccc(Cl)c(Cl)c2)c2ccc(Cl)cn2)cc1Cl. The van der Waals surface area contributed by atoms with Gasteiger partial charge in [0, 0.05) is 11.8 Å². The molecule has 140 valence electrons. The van der Waals surface area contributed by atoms with Gasteiger partial charge in [0.2, 0.25) is 0 Å². The molecule has 1 N–H and O–H groups in total. The summed E-state index contributed by atoms with van der Waals surface area (Å²) in [6, 6.07) is 14.3. The van der Waals surface area contributed by atoms with Crippen LogP contribution < -0.4 is 5.32 Å². The van der Waals surface area contributed by atoms with Gasteiger partial charge >= 0.3 is 0 Å². The maximum Gasteiger partial charge on any atom is 0.252 e. The van der Waals surface area contributed by atoms with Gasteiger partial charge in [0.05, 0.1) is 37.4 Å². The Morgan fingerprint density at radius 2 is 1.75 bits per heavy atom. The molecule has 0 spiro atoms. The Morgan fingerprint density at radius 3 is 2.36 bits per heavy atom. The van der Waals surface area contributed by atoms with Crippen molar-refractivity contribution in [2.45, 2.75) is 6.04 Å². The van der Waals surface area contributed by atoms with Gasteiger partial charge in [0.1, 0.15) is 6.07 Å². The number of nitrogens with zero attached hydrogens (tertiary/aromatic N) is 2. The minimum absolute atomic E-state index is 0.200. The van der Waals surface area contributed by atoms with Crippen LogP contribution in [0.5, 0.6) is 0 Å². The van der Waals surface area contributed by atoms with Crippen LogP contribution in [0.3, 0.4) is 0 Å². The molecule has 1 unspecified atom stereocenters. The first-order chi connectivity index (χ1) is 13.4. The van der Waals surface area contributed by atoms with Crippen LogP contribution in [-0.2, 0) is 0 Å². The molecule has 1 amide bonds. The van der Waals surface area contributed by atoms with Crippen LogP contribution in [0.1, 0.15) is 33.2 Å². The summed E-state index contributed by atoms with van der Waals surface area (Å²) in [6.45, 7) is 0. The van der Waals surface area contributed by atoms with Crippen molar-refractivity contribution in [3.63, 3.8) is 0 Å². The Hall–Kier alpha value is -2.29. The van der Waals surface area contributed by atoms with Gasteiger partial charge in [-0.15, -0.1) is 0 Å². The lowest BCUT2D eigenvalue weighted by Gasteiger charge is -2.20. The van der Waals surface area contributed by atoms with Crippen LogP contribution in [0.25, 0.3) is 0 Å². The number of hydrogen-bond acceptors (Lipinski definition) is 3. The summed E-state index contributed by atoms with van der Waals surface area (Å²) < 4.78 is 0. The molecule has 0 aliphatic heterocycles. The normalized spacial score (nSPS) is 11.5. The summed E-state index contributed by atoms with van der Waals surface area (Å²) in [6.07, 6.45) is 1.49. The third kappa shape index (κ3) is 4.57. The third-order valence-electron chi connectivity index (χ3n) is 3.95. The number of rotatable bonds is 4. The molecule has 1 heterocycles. The highest BCUT2D eigenvalue weighted by atomic mass is 35.5. The Morgan fingerprint density at radius 1 is 0.964 bits per heavy atom. The van der Waals surface area contributed by atoms with Crippen LogP contribution in [0.2, 0.25) is 20.1 Å². The highest BCUT2D eigenvalue weighted by Crippen LogP contribution is 2.29. The largest absolute Gasteiger partial charge is 0.340 e. The number of amides is 1. The molecular formula is C20H11Cl4N3O. The number of nitriles is 1. The maximum absolute atomic E-state index is 12.8. The molecule has 0 aliphatic rings. The summed E-state index contributed by atoms with van der Waals surface area (Å²) in [4.78, 5) is 17.1. The van der Waals surface area contributed by atoms with E-state index in [0.29, 0.717) is 37.5 Å². The number of hydrogen-bond donors (Lipinski definition) is 1. The first-order valence-electron chi connectivity index (χ1n) is 7.96. The van der Waals surface area contributed by atoms with E-state index in [1.165, 1.54) is 24.4 Å². The first-order valence-corrected chi connectivity index (χ1v) is 9.47. The van der Waals surface area contributed by atoms with Crippen molar-refractivity contribution in [1.82, 2.24) is 10.3 Å². The molecule has 2 aromatic carbocycles. The molecule has 3 aromatic rings. The fourth-order valence-electron chi connectivity index (χ4n) is 2.54. The van der Waals surface area contributed by atoms with E-state index in [1.807, 2.05) is 6.07 Å². The van der Waals surface area contributed by atoms with Crippen molar-refractivity contribution in [3.8, 4) is 6.07 Å². The summed E-state index contributed by atoms with van der Waals surface area (Å²) in [5, 5.41) is 13.3. The van der Waals surface area contributed by atoms with Crippen molar-refractivity contribution in [1.29, 1.82) is 5.26 Å². The summed E-state index contributed by atoms with van der Waals surface area (Å²) >= 11 is 24.1. The summed E-state index contributed by atoms with van der Waals surface area (Å²) in [7, 11) is 0. The number of aromatic nitrogens is 1. The van der Waals surface area contributed by atoms with E-state index >= 15 is 0 Å². The second kappa shape index (κ2) is 8.81. The first kappa shape index (κ1) is 20.4. The van der Waals surface area contributed by atoms with Gasteiger partial charge in [-0.3, -0.25) is 9.78 Å². The van der Waals surface area contributed by atoms with Gasteiger partial charge in [-0.2, -0.15) is 5.26 Å². The van der Waals surface area contributed by atoms with Gasteiger partial charge in [-0.25, -0.2) is 0 Å². The van der Waals surface area contributed by atoms with E-state index in [9.17, 15) is 4.79 Å². The predicted octanol–water partition coefficient (Wildman–Crippen LogP) is 6.09. The Labute approximate surface area is 181 Å². The fourth-order valence-corrected chi connectivity index (χ4v) is 3.18. The molecular weight excluding hydrogens is 440 g/mol. The predicted molar refractivity (Wildman–Crippen MR) is 111 cm³/mol. The average Bonchev–Trinajstić information content (AvgIpc) is 2.69. The topological polar surface area (TPSA) is 65.8 Å². The minimum Gasteiger partial charge on any atom is -0.340 e. The number of carbonyl (C=O) groups excluding carboxylic acids is 1. The lowest BCUT2D eigenvalue weighted by Crippen LogP contribution is -2.30. The quantitative estimate of drug-likeness (QED) is 0.523. The second-order valence-electron chi connectivity index (χ2n) is 5.79. The molecule has 3 rings (SSSR count). The number of halogens is 4. The monoisotopic (exact) mass is 449 g/mol. The van der Waals surface area contributed by atoms with E-state index < -0.39 is 6.04 Å². The molecule has 0 radical (unpaired) electrons.